The fraction of sp³-hybridized carbons (Fsp3) is 0.526. The molecule has 0 saturated carbocycles. The Bertz CT molecular complexity index is 422. The summed E-state index contributed by atoms with van der Waals surface area (Å²) in [5, 5.41) is 0. The summed E-state index contributed by atoms with van der Waals surface area (Å²) in [6.07, 6.45) is 11.0. The van der Waals surface area contributed by atoms with Gasteiger partial charge >= 0.3 is 0 Å². The van der Waals surface area contributed by atoms with Crippen LogP contribution in [-0.4, -0.2) is 24.9 Å². The molecule has 1 amide bonds. The van der Waals surface area contributed by atoms with Crippen LogP contribution in [0.25, 0.3) is 0 Å². The highest BCUT2D eigenvalue weighted by molar-refractivity contribution is 5.78. The molecule has 0 aliphatic heterocycles. The van der Waals surface area contributed by atoms with Crippen LogP contribution in [0.2, 0.25) is 0 Å². The summed E-state index contributed by atoms with van der Waals surface area (Å²) >= 11 is 0. The van der Waals surface area contributed by atoms with Crippen LogP contribution in [-0.2, 0) is 11.2 Å². The van der Waals surface area contributed by atoms with E-state index in [4.69, 9.17) is 0 Å². The minimum absolute atomic E-state index is 0.0461. The maximum atomic E-state index is 12.3. The van der Waals surface area contributed by atoms with Crippen LogP contribution < -0.4 is 0 Å². The van der Waals surface area contributed by atoms with E-state index in [0.29, 0.717) is 0 Å². The molecule has 0 bridgehead atoms. The smallest absolute Gasteiger partial charge is 0.225 e. The average Bonchev–Trinajstić information content (AvgIpc) is 2.49. The van der Waals surface area contributed by atoms with Gasteiger partial charge in [0.25, 0.3) is 0 Å². The zero-order valence-corrected chi connectivity index (χ0v) is 13.7. The maximum Gasteiger partial charge on any atom is 0.225 e. The second-order valence-corrected chi connectivity index (χ2v) is 5.82. The molecule has 0 aliphatic carbocycles. The Hall–Kier alpha value is -1.57. The van der Waals surface area contributed by atoms with Crippen LogP contribution in [0.5, 0.6) is 0 Å². The van der Waals surface area contributed by atoms with Crippen LogP contribution in [0, 0.1) is 5.92 Å². The van der Waals surface area contributed by atoms with Crippen molar-refractivity contribution in [2.24, 2.45) is 5.92 Å². The molecule has 0 aliphatic rings. The molecular formula is C19H29NO. The Morgan fingerprint density at radius 1 is 1.14 bits per heavy atom. The van der Waals surface area contributed by atoms with Crippen molar-refractivity contribution in [2.75, 3.05) is 14.1 Å². The van der Waals surface area contributed by atoms with Gasteiger partial charge in [-0.15, -0.1) is 0 Å². The predicted molar refractivity (Wildman–Crippen MR) is 90.2 cm³/mol. The topological polar surface area (TPSA) is 20.3 Å². The predicted octanol–water partition coefficient (Wildman–Crippen LogP) is 4.46. The maximum absolute atomic E-state index is 12.3. The van der Waals surface area contributed by atoms with Crippen molar-refractivity contribution >= 4 is 5.91 Å². The number of hydrogen-bond acceptors (Lipinski definition) is 1. The Labute approximate surface area is 129 Å². The van der Waals surface area contributed by atoms with Crippen LogP contribution in [0.3, 0.4) is 0 Å². The van der Waals surface area contributed by atoms with E-state index in [1.54, 1.807) is 4.90 Å². The standard InChI is InChI=1S/C19H29NO/c1-4-5-6-7-8-12-15-18(19(21)20(2)3)16-17-13-10-9-11-14-17/h8-14,18H,4-7,15-16H2,1-3H3/b12-8-. The number of hydrogen-bond donors (Lipinski definition) is 0. The van der Waals surface area contributed by atoms with E-state index in [2.05, 4.69) is 31.2 Å². The summed E-state index contributed by atoms with van der Waals surface area (Å²) in [4.78, 5) is 14.0. The number of benzene rings is 1. The number of rotatable bonds is 9. The summed E-state index contributed by atoms with van der Waals surface area (Å²) in [6.45, 7) is 2.22. The first-order chi connectivity index (χ1) is 10.1. The van der Waals surface area contributed by atoms with E-state index < -0.39 is 0 Å². The van der Waals surface area contributed by atoms with Crippen LogP contribution in [0.4, 0.5) is 0 Å². The van der Waals surface area contributed by atoms with Gasteiger partial charge in [-0.3, -0.25) is 4.79 Å². The molecule has 1 aromatic rings. The number of allylic oxidation sites excluding steroid dienone is 2. The average molecular weight is 287 g/mol. The van der Waals surface area contributed by atoms with Gasteiger partial charge in [0.15, 0.2) is 0 Å². The lowest BCUT2D eigenvalue weighted by molar-refractivity contribution is -0.132. The van der Waals surface area contributed by atoms with Gasteiger partial charge in [-0.2, -0.15) is 0 Å². The fourth-order valence-corrected chi connectivity index (χ4v) is 2.43. The Morgan fingerprint density at radius 2 is 1.86 bits per heavy atom. The first-order valence-electron chi connectivity index (χ1n) is 8.05. The largest absolute Gasteiger partial charge is 0.349 e. The molecule has 0 heterocycles. The minimum Gasteiger partial charge on any atom is -0.349 e. The monoisotopic (exact) mass is 287 g/mol. The second kappa shape index (κ2) is 10.2. The Morgan fingerprint density at radius 3 is 2.48 bits per heavy atom. The van der Waals surface area contributed by atoms with Crippen LogP contribution in [0.15, 0.2) is 42.5 Å². The lowest BCUT2D eigenvalue weighted by Crippen LogP contribution is -2.30. The van der Waals surface area contributed by atoms with Crippen molar-refractivity contribution in [3.8, 4) is 0 Å². The molecule has 0 radical (unpaired) electrons. The normalized spacial score (nSPS) is 12.5. The van der Waals surface area contributed by atoms with E-state index in [1.165, 1.54) is 24.8 Å². The van der Waals surface area contributed by atoms with E-state index in [0.717, 1.165) is 19.3 Å². The van der Waals surface area contributed by atoms with Gasteiger partial charge in [-0.05, 0) is 31.2 Å². The molecule has 1 atom stereocenters. The van der Waals surface area contributed by atoms with Crippen molar-refractivity contribution in [3.05, 3.63) is 48.0 Å². The molecule has 2 nitrogen and oxygen atoms in total. The van der Waals surface area contributed by atoms with Gasteiger partial charge in [-0.25, -0.2) is 0 Å². The van der Waals surface area contributed by atoms with Gasteiger partial charge in [0.05, 0.1) is 0 Å². The molecule has 0 aromatic heterocycles. The molecule has 2 heteroatoms. The van der Waals surface area contributed by atoms with Gasteiger partial charge in [-0.1, -0.05) is 62.2 Å². The Kier molecular flexibility index (Phi) is 8.49. The number of carbonyl (C=O) groups is 1. The zero-order valence-electron chi connectivity index (χ0n) is 13.7. The summed E-state index contributed by atoms with van der Waals surface area (Å²) < 4.78 is 0. The number of nitrogens with zero attached hydrogens (tertiary/aromatic N) is 1. The summed E-state index contributed by atoms with van der Waals surface area (Å²) in [6, 6.07) is 10.3. The number of amides is 1. The molecule has 0 spiro atoms. The number of carbonyl (C=O) groups excluding carboxylic acids is 1. The van der Waals surface area contributed by atoms with Crippen LogP contribution >= 0.6 is 0 Å². The molecule has 21 heavy (non-hydrogen) atoms. The van der Waals surface area contributed by atoms with Gasteiger partial charge in [0.1, 0.15) is 0 Å². The van der Waals surface area contributed by atoms with Gasteiger partial charge in [0, 0.05) is 20.0 Å². The molecule has 0 saturated heterocycles. The Balaban J connectivity index is 2.55. The summed E-state index contributed by atoms with van der Waals surface area (Å²) in [5.41, 5.74) is 1.23. The zero-order chi connectivity index (χ0) is 15.5. The first kappa shape index (κ1) is 17.5. The molecule has 0 N–H and O–H groups in total. The molecule has 1 rings (SSSR count). The molecule has 0 fully saturated rings. The van der Waals surface area contributed by atoms with Crippen molar-refractivity contribution in [1.29, 1.82) is 0 Å². The second-order valence-electron chi connectivity index (χ2n) is 5.82. The van der Waals surface area contributed by atoms with Crippen molar-refractivity contribution in [2.45, 2.75) is 45.4 Å². The fourth-order valence-electron chi connectivity index (χ4n) is 2.43. The highest BCUT2D eigenvalue weighted by atomic mass is 16.2. The third kappa shape index (κ3) is 7.12. The SMILES string of the molecule is CCCCC/C=C\CC(Cc1ccccc1)C(=O)N(C)C. The lowest BCUT2D eigenvalue weighted by atomic mass is 9.94. The van der Waals surface area contributed by atoms with Crippen molar-refractivity contribution in [3.63, 3.8) is 0 Å². The molecule has 116 valence electrons. The van der Waals surface area contributed by atoms with E-state index >= 15 is 0 Å². The molecule has 1 unspecified atom stereocenters. The highest BCUT2D eigenvalue weighted by Crippen LogP contribution is 2.15. The first-order valence-corrected chi connectivity index (χ1v) is 8.05. The quantitative estimate of drug-likeness (QED) is 0.485. The third-order valence-electron chi connectivity index (χ3n) is 3.68. The summed E-state index contributed by atoms with van der Waals surface area (Å²) in [5.74, 6) is 0.266. The summed E-state index contributed by atoms with van der Waals surface area (Å²) in [7, 11) is 3.68. The van der Waals surface area contributed by atoms with E-state index in [1.807, 2.05) is 32.3 Å². The van der Waals surface area contributed by atoms with E-state index in [9.17, 15) is 4.79 Å². The van der Waals surface area contributed by atoms with Crippen LogP contribution in [0.1, 0.15) is 44.6 Å². The van der Waals surface area contributed by atoms with Crippen molar-refractivity contribution in [1.82, 2.24) is 4.90 Å². The minimum atomic E-state index is 0.0461. The number of unbranched alkanes of at least 4 members (excludes halogenated alkanes) is 3. The lowest BCUT2D eigenvalue weighted by Gasteiger charge is -2.19. The van der Waals surface area contributed by atoms with Gasteiger partial charge < -0.3 is 4.90 Å². The molecular weight excluding hydrogens is 258 g/mol. The highest BCUT2D eigenvalue weighted by Gasteiger charge is 2.19. The third-order valence-corrected chi connectivity index (χ3v) is 3.68. The van der Waals surface area contributed by atoms with Crippen molar-refractivity contribution < 1.29 is 4.79 Å². The molecule has 1 aromatic carbocycles. The van der Waals surface area contributed by atoms with E-state index in [-0.39, 0.29) is 11.8 Å². The van der Waals surface area contributed by atoms with Gasteiger partial charge in [0.2, 0.25) is 5.91 Å².